The summed E-state index contributed by atoms with van der Waals surface area (Å²) in [6, 6.07) is 22.2. The number of nitrogens with zero attached hydrogens (tertiary/aromatic N) is 1. The van der Waals surface area contributed by atoms with Crippen LogP contribution in [0.15, 0.2) is 78.5 Å². The Labute approximate surface area is 187 Å². The minimum atomic E-state index is -0.388. The van der Waals surface area contributed by atoms with E-state index >= 15 is 0 Å². The summed E-state index contributed by atoms with van der Waals surface area (Å²) in [7, 11) is 0. The molecule has 0 bridgehead atoms. The first-order chi connectivity index (χ1) is 14.9. The summed E-state index contributed by atoms with van der Waals surface area (Å²) in [5.41, 5.74) is 4.47. The molecule has 31 heavy (non-hydrogen) atoms. The number of amides is 2. The molecule has 0 radical (unpaired) electrons. The second-order valence-corrected chi connectivity index (χ2v) is 8.25. The van der Waals surface area contributed by atoms with Crippen molar-refractivity contribution in [2.24, 2.45) is 0 Å². The molecule has 5 heteroatoms. The summed E-state index contributed by atoms with van der Waals surface area (Å²) >= 11 is 6.26. The maximum absolute atomic E-state index is 13.5. The number of carbonyl (C=O) groups is 2. The number of halogens is 1. The minimum absolute atomic E-state index is 0.245. The second kappa shape index (κ2) is 8.40. The fourth-order valence-corrected chi connectivity index (χ4v) is 3.81. The van der Waals surface area contributed by atoms with Gasteiger partial charge in [-0.2, -0.15) is 0 Å². The van der Waals surface area contributed by atoms with E-state index in [-0.39, 0.29) is 17.5 Å². The fourth-order valence-electron chi connectivity index (χ4n) is 3.64. The van der Waals surface area contributed by atoms with Crippen molar-refractivity contribution in [3.05, 3.63) is 100 Å². The van der Waals surface area contributed by atoms with Crippen LogP contribution in [-0.2, 0) is 9.59 Å². The molecule has 1 aliphatic heterocycles. The number of anilines is 2. The molecule has 0 saturated carbocycles. The molecule has 3 aromatic carbocycles. The van der Waals surface area contributed by atoms with E-state index in [1.807, 2.05) is 73.7 Å². The van der Waals surface area contributed by atoms with Crippen LogP contribution < -0.4 is 10.2 Å². The van der Waals surface area contributed by atoms with Crippen molar-refractivity contribution >= 4 is 40.4 Å². The number of imide groups is 1. The van der Waals surface area contributed by atoms with Crippen molar-refractivity contribution < 1.29 is 9.59 Å². The first-order valence-corrected chi connectivity index (χ1v) is 10.6. The quantitative estimate of drug-likeness (QED) is 0.492. The summed E-state index contributed by atoms with van der Waals surface area (Å²) in [5.74, 6) is -0.378. The second-order valence-electron chi connectivity index (χ2n) is 7.85. The number of carbonyl (C=O) groups excluding carboxylic acids is 2. The molecule has 0 saturated heterocycles. The van der Waals surface area contributed by atoms with Crippen LogP contribution in [0.25, 0.3) is 5.57 Å². The van der Waals surface area contributed by atoms with Crippen molar-refractivity contribution in [3.8, 4) is 0 Å². The third-order valence-electron chi connectivity index (χ3n) is 5.49. The summed E-state index contributed by atoms with van der Waals surface area (Å²) < 4.78 is 0. The Bertz CT molecular complexity index is 1180. The summed E-state index contributed by atoms with van der Waals surface area (Å²) in [6.07, 6.45) is 0. The van der Waals surface area contributed by atoms with Crippen molar-refractivity contribution in [2.75, 3.05) is 10.2 Å². The topological polar surface area (TPSA) is 49.4 Å². The average Bonchev–Trinajstić information content (AvgIpc) is 3.01. The minimum Gasteiger partial charge on any atom is -0.350 e. The molecule has 1 N–H and O–H groups in total. The maximum atomic E-state index is 13.5. The molecule has 0 unspecified atom stereocenters. The van der Waals surface area contributed by atoms with Crippen LogP contribution in [0.5, 0.6) is 0 Å². The van der Waals surface area contributed by atoms with Gasteiger partial charge in [0, 0.05) is 10.7 Å². The van der Waals surface area contributed by atoms with Gasteiger partial charge in [-0.1, -0.05) is 74.0 Å². The van der Waals surface area contributed by atoms with Crippen molar-refractivity contribution in [3.63, 3.8) is 0 Å². The summed E-state index contributed by atoms with van der Waals surface area (Å²) in [5, 5.41) is 3.78. The molecule has 156 valence electrons. The van der Waals surface area contributed by atoms with E-state index in [9.17, 15) is 9.59 Å². The molecule has 0 spiro atoms. The van der Waals surface area contributed by atoms with Gasteiger partial charge in [0.1, 0.15) is 5.70 Å². The molecular formula is C26H23ClN2O2. The first kappa shape index (κ1) is 20.9. The average molecular weight is 431 g/mol. The Hall–Kier alpha value is -3.37. The molecule has 1 aliphatic rings. The van der Waals surface area contributed by atoms with E-state index in [0.29, 0.717) is 33.5 Å². The van der Waals surface area contributed by atoms with Crippen LogP contribution in [0, 0.1) is 6.92 Å². The number of rotatable bonds is 5. The van der Waals surface area contributed by atoms with E-state index in [1.165, 1.54) is 4.90 Å². The highest BCUT2D eigenvalue weighted by atomic mass is 35.5. The Morgan fingerprint density at radius 3 is 2.16 bits per heavy atom. The predicted molar refractivity (Wildman–Crippen MR) is 126 cm³/mol. The molecule has 0 fully saturated rings. The lowest BCUT2D eigenvalue weighted by Crippen LogP contribution is -2.32. The van der Waals surface area contributed by atoms with Gasteiger partial charge in [0.2, 0.25) is 0 Å². The maximum Gasteiger partial charge on any atom is 0.282 e. The molecule has 4 nitrogen and oxygen atoms in total. The SMILES string of the molecule is Cc1c(Cl)cccc1NC1=C(c2ccccc2)C(=O)N(c2ccc(C(C)C)cc2)C1=O. The van der Waals surface area contributed by atoms with Crippen LogP contribution >= 0.6 is 11.6 Å². The third kappa shape index (κ3) is 3.87. The van der Waals surface area contributed by atoms with Crippen LogP contribution in [0.2, 0.25) is 5.02 Å². The van der Waals surface area contributed by atoms with Gasteiger partial charge in [0.05, 0.1) is 11.3 Å². The number of benzene rings is 3. The first-order valence-electron chi connectivity index (χ1n) is 10.2. The summed E-state index contributed by atoms with van der Waals surface area (Å²) in [6.45, 7) is 6.08. The van der Waals surface area contributed by atoms with Gasteiger partial charge in [-0.15, -0.1) is 0 Å². The number of nitrogens with one attached hydrogen (secondary N) is 1. The van der Waals surface area contributed by atoms with E-state index in [1.54, 1.807) is 6.07 Å². The zero-order valence-electron chi connectivity index (χ0n) is 17.6. The normalized spacial score (nSPS) is 14.0. The Morgan fingerprint density at radius 2 is 1.52 bits per heavy atom. The van der Waals surface area contributed by atoms with E-state index < -0.39 is 0 Å². The van der Waals surface area contributed by atoms with Gasteiger partial charge in [-0.3, -0.25) is 9.59 Å². The fraction of sp³-hybridized carbons (Fsp3) is 0.154. The zero-order valence-corrected chi connectivity index (χ0v) is 18.4. The Morgan fingerprint density at radius 1 is 0.839 bits per heavy atom. The van der Waals surface area contributed by atoms with Crippen LogP contribution in [0.1, 0.15) is 36.5 Å². The van der Waals surface area contributed by atoms with Gasteiger partial charge in [-0.05, 0) is 53.8 Å². The van der Waals surface area contributed by atoms with E-state index in [2.05, 4.69) is 19.2 Å². The summed E-state index contributed by atoms with van der Waals surface area (Å²) in [4.78, 5) is 28.2. The number of hydrogen-bond donors (Lipinski definition) is 1. The Kier molecular flexibility index (Phi) is 5.66. The van der Waals surface area contributed by atoms with Crippen LogP contribution in [0.3, 0.4) is 0 Å². The lowest BCUT2D eigenvalue weighted by molar-refractivity contribution is -0.120. The highest BCUT2D eigenvalue weighted by molar-refractivity contribution is 6.46. The molecule has 2 amide bonds. The third-order valence-corrected chi connectivity index (χ3v) is 5.90. The lowest BCUT2D eigenvalue weighted by Gasteiger charge is -2.17. The Balaban J connectivity index is 1.80. The number of hydrogen-bond acceptors (Lipinski definition) is 3. The zero-order chi connectivity index (χ0) is 22.1. The molecule has 3 aromatic rings. The van der Waals surface area contributed by atoms with Gasteiger partial charge in [-0.25, -0.2) is 4.90 Å². The molecular weight excluding hydrogens is 408 g/mol. The van der Waals surface area contributed by atoms with E-state index in [4.69, 9.17) is 11.6 Å². The molecule has 0 aliphatic carbocycles. The predicted octanol–water partition coefficient (Wildman–Crippen LogP) is 6.17. The van der Waals surface area contributed by atoms with Gasteiger partial charge >= 0.3 is 0 Å². The molecule has 1 heterocycles. The molecule has 0 atom stereocenters. The van der Waals surface area contributed by atoms with Crippen LogP contribution in [0.4, 0.5) is 11.4 Å². The van der Waals surface area contributed by atoms with Crippen LogP contribution in [-0.4, -0.2) is 11.8 Å². The highest BCUT2D eigenvalue weighted by Gasteiger charge is 2.40. The van der Waals surface area contributed by atoms with Gasteiger partial charge < -0.3 is 5.32 Å². The monoisotopic (exact) mass is 430 g/mol. The largest absolute Gasteiger partial charge is 0.350 e. The molecule has 4 rings (SSSR count). The van der Waals surface area contributed by atoms with Crippen molar-refractivity contribution in [1.29, 1.82) is 0 Å². The smallest absolute Gasteiger partial charge is 0.282 e. The lowest BCUT2D eigenvalue weighted by atomic mass is 10.0. The molecule has 0 aromatic heterocycles. The highest BCUT2D eigenvalue weighted by Crippen LogP contribution is 2.35. The van der Waals surface area contributed by atoms with Gasteiger partial charge in [0.25, 0.3) is 11.8 Å². The van der Waals surface area contributed by atoms with E-state index in [0.717, 1.165) is 11.1 Å². The standard InChI is InChI=1S/C26H23ClN2O2/c1-16(2)18-12-14-20(15-13-18)29-25(30)23(19-8-5-4-6-9-19)24(26(29)31)28-22-11-7-10-21(27)17(22)3/h4-16,28H,1-3H3. The van der Waals surface area contributed by atoms with Crippen molar-refractivity contribution in [2.45, 2.75) is 26.7 Å². The van der Waals surface area contributed by atoms with Gasteiger partial charge in [0.15, 0.2) is 0 Å². The van der Waals surface area contributed by atoms with Crippen molar-refractivity contribution in [1.82, 2.24) is 0 Å².